The molecule has 0 N–H and O–H groups in total. The maximum atomic E-state index is 4.31. The Morgan fingerprint density at radius 3 is 2.27 bits per heavy atom. The van der Waals surface area contributed by atoms with Crippen LogP contribution < -0.4 is 4.90 Å². The first-order valence-corrected chi connectivity index (χ1v) is 4.93. The summed E-state index contributed by atoms with van der Waals surface area (Å²) in [7, 11) is 6.08. The molecule has 0 aliphatic rings. The van der Waals surface area contributed by atoms with Gasteiger partial charge in [-0.15, -0.1) is 0 Å². The van der Waals surface area contributed by atoms with Gasteiger partial charge in [-0.05, 0) is 24.3 Å². The third kappa shape index (κ3) is 1.86. The summed E-state index contributed by atoms with van der Waals surface area (Å²) in [4.78, 5) is 6.40. The fourth-order valence-corrected chi connectivity index (χ4v) is 1.55. The van der Waals surface area contributed by atoms with Crippen molar-refractivity contribution in [1.82, 2.24) is 9.55 Å². The van der Waals surface area contributed by atoms with Gasteiger partial charge in [-0.2, -0.15) is 0 Å². The minimum absolute atomic E-state index is 1.00. The van der Waals surface area contributed by atoms with Crippen molar-refractivity contribution in [3.05, 3.63) is 36.7 Å². The summed E-state index contributed by atoms with van der Waals surface area (Å²) < 4.78 is 2.02. The third-order valence-electron chi connectivity index (χ3n) is 2.46. The summed E-state index contributed by atoms with van der Waals surface area (Å²) >= 11 is 0. The van der Waals surface area contributed by atoms with Crippen LogP contribution in [-0.4, -0.2) is 23.6 Å². The van der Waals surface area contributed by atoms with Gasteiger partial charge in [0.15, 0.2) is 0 Å². The van der Waals surface area contributed by atoms with E-state index in [0.717, 1.165) is 11.4 Å². The van der Waals surface area contributed by atoms with Crippen molar-refractivity contribution >= 4 is 5.69 Å². The van der Waals surface area contributed by atoms with Crippen LogP contribution in [0.4, 0.5) is 5.69 Å². The van der Waals surface area contributed by atoms with Crippen molar-refractivity contribution in [1.29, 1.82) is 0 Å². The first-order valence-electron chi connectivity index (χ1n) is 4.93. The standard InChI is InChI=1S/C12H15N3/c1-14(2)11-6-4-10(5-7-11)12-13-8-9-15(12)3/h4-9H,1-3H3. The van der Waals surface area contributed by atoms with E-state index < -0.39 is 0 Å². The lowest BCUT2D eigenvalue weighted by atomic mass is 10.2. The topological polar surface area (TPSA) is 21.1 Å². The highest BCUT2D eigenvalue weighted by Gasteiger charge is 2.02. The molecule has 0 bridgehead atoms. The molecular formula is C12H15N3. The molecule has 0 saturated heterocycles. The van der Waals surface area contributed by atoms with E-state index in [1.165, 1.54) is 5.69 Å². The number of benzene rings is 1. The molecule has 3 heteroatoms. The van der Waals surface area contributed by atoms with Gasteiger partial charge < -0.3 is 9.47 Å². The van der Waals surface area contributed by atoms with Crippen LogP contribution in [0.1, 0.15) is 0 Å². The van der Waals surface area contributed by atoms with E-state index in [2.05, 4.69) is 34.1 Å². The monoisotopic (exact) mass is 201 g/mol. The molecule has 15 heavy (non-hydrogen) atoms. The van der Waals surface area contributed by atoms with Crippen molar-refractivity contribution in [2.45, 2.75) is 0 Å². The van der Waals surface area contributed by atoms with Gasteiger partial charge in [0, 0.05) is 44.8 Å². The molecule has 0 spiro atoms. The van der Waals surface area contributed by atoms with Crippen LogP contribution in [0.15, 0.2) is 36.7 Å². The highest BCUT2D eigenvalue weighted by Crippen LogP contribution is 2.20. The first-order chi connectivity index (χ1) is 7.18. The lowest BCUT2D eigenvalue weighted by Gasteiger charge is -2.12. The molecule has 3 nitrogen and oxygen atoms in total. The van der Waals surface area contributed by atoms with Crippen molar-refractivity contribution in [2.24, 2.45) is 7.05 Å². The minimum Gasteiger partial charge on any atom is -0.378 e. The van der Waals surface area contributed by atoms with E-state index in [1.54, 1.807) is 0 Å². The van der Waals surface area contributed by atoms with Crippen LogP contribution in [0.5, 0.6) is 0 Å². The van der Waals surface area contributed by atoms with Gasteiger partial charge in [-0.3, -0.25) is 0 Å². The van der Waals surface area contributed by atoms with Crippen LogP contribution in [0.3, 0.4) is 0 Å². The number of anilines is 1. The molecule has 0 fully saturated rings. The van der Waals surface area contributed by atoms with E-state index >= 15 is 0 Å². The Kier molecular flexibility index (Phi) is 2.46. The Hall–Kier alpha value is -1.77. The maximum absolute atomic E-state index is 4.31. The minimum atomic E-state index is 1.00. The summed E-state index contributed by atoms with van der Waals surface area (Å²) in [6, 6.07) is 8.39. The van der Waals surface area contributed by atoms with Crippen LogP contribution in [0.2, 0.25) is 0 Å². The summed E-state index contributed by atoms with van der Waals surface area (Å²) in [5.41, 5.74) is 2.35. The van der Waals surface area contributed by atoms with Gasteiger partial charge in [0.05, 0.1) is 0 Å². The van der Waals surface area contributed by atoms with Crippen LogP contribution in [-0.2, 0) is 7.05 Å². The second-order valence-corrected chi connectivity index (χ2v) is 3.80. The molecule has 0 unspecified atom stereocenters. The molecular weight excluding hydrogens is 186 g/mol. The van der Waals surface area contributed by atoms with Gasteiger partial charge in [0.2, 0.25) is 0 Å². The van der Waals surface area contributed by atoms with Crippen molar-refractivity contribution in [3.63, 3.8) is 0 Å². The number of imidazole rings is 1. The molecule has 1 aromatic heterocycles. The number of aromatic nitrogens is 2. The Morgan fingerprint density at radius 2 is 1.80 bits per heavy atom. The van der Waals surface area contributed by atoms with E-state index in [-0.39, 0.29) is 0 Å². The van der Waals surface area contributed by atoms with Crippen LogP contribution in [0, 0.1) is 0 Å². The predicted octanol–water partition coefficient (Wildman–Crippen LogP) is 2.15. The SMILES string of the molecule is CN(C)c1ccc(-c2nccn2C)cc1. The summed E-state index contributed by atoms with van der Waals surface area (Å²) in [5, 5.41) is 0. The Bertz CT molecular complexity index is 440. The van der Waals surface area contributed by atoms with Gasteiger partial charge >= 0.3 is 0 Å². The Balaban J connectivity index is 2.36. The number of aryl methyl sites for hydroxylation is 1. The third-order valence-corrected chi connectivity index (χ3v) is 2.46. The molecule has 0 saturated carbocycles. The van der Waals surface area contributed by atoms with Crippen molar-refractivity contribution in [3.8, 4) is 11.4 Å². The summed E-state index contributed by atoms with van der Waals surface area (Å²) in [6.45, 7) is 0. The van der Waals surface area contributed by atoms with Gasteiger partial charge in [0.1, 0.15) is 5.82 Å². The van der Waals surface area contributed by atoms with Crippen LogP contribution >= 0.6 is 0 Å². The Labute approximate surface area is 90.0 Å². The van der Waals surface area contributed by atoms with E-state index in [0.29, 0.717) is 0 Å². The molecule has 78 valence electrons. The molecule has 1 aromatic carbocycles. The zero-order valence-corrected chi connectivity index (χ0v) is 9.31. The number of hydrogen-bond acceptors (Lipinski definition) is 2. The second kappa shape index (κ2) is 3.77. The molecule has 0 radical (unpaired) electrons. The zero-order chi connectivity index (χ0) is 10.8. The molecule has 0 amide bonds. The van der Waals surface area contributed by atoms with Crippen molar-refractivity contribution in [2.75, 3.05) is 19.0 Å². The number of rotatable bonds is 2. The smallest absolute Gasteiger partial charge is 0.139 e. The second-order valence-electron chi connectivity index (χ2n) is 3.80. The van der Waals surface area contributed by atoms with Gasteiger partial charge in [0.25, 0.3) is 0 Å². The highest BCUT2D eigenvalue weighted by atomic mass is 15.1. The highest BCUT2D eigenvalue weighted by molar-refractivity contribution is 5.60. The molecule has 1 heterocycles. The van der Waals surface area contributed by atoms with Crippen LogP contribution in [0.25, 0.3) is 11.4 Å². The predicted molar refractivity (Wildman–Crippen MR) is 63.0 cm³/mol. The lowest BCUT2D eigenvalue weighted by molar-refractivity contribution is 0.925. The molecule has 2 rings (SSSR count). The van der Waals surface area contributed by atoms with E-state index in [4.69, 9.17) is 0 Å². The zero-order valence-electron chi connectivity index (χ0n) is 9.31. The summed E-state index contributed by atoms with van der Waals surface area (Å²) in [6.07, 6.45) is 3.77. The molecule has 0 aliphatic carbocycles. The maximum Gasteiger partial charge on any atom is 0.139 e. The molecule has 0 aliphatic heterocycles. The number of nitrogens with zero attached hydrogens (tertiary/aromatic N) is 3. The fraction of sp³-hybridized carbons (Fsp3) is 0.250. The Morgan fingerprint density at radius 1 is 1.13 bits per heavy atom. The van der Waals surface area contributed by atoms with E-state index in [9.17, 15) is 0 Å². The average Bonchev–Trinajstić information content (AvgIpc) is 2.65. The normalized spacial score (nSPS) is 10.3. The van der Waals surface area contributed by atoms with E-state index in [1.807, 2.05) is 38.1 Å². The molecule has 0 atom stereocenters. The van der Waals surface area contributed by atoms with Gasteiger partial charge in [-0.1, -0.05) is 0 Å². The fourth-order valence-electron chi connectivity index (χ4n) is 1.55. The summed E-state index contributed by atoms with van der Waals surface area (Å²) in [5.74, 6) is 1.00. The first kappa shape index (κ1) is 9.77. The largest absolute Gasteiger partial charge is 0.378 e. The quantitative estimate of drug-likeness (QED) is 0.742. The van der Waals surface area contributed by atoms with Gasteiger partial charge in [-0.25, -0.2) is 4.98 Å². The number of hydrogen-bond donors (Lipinski definition) is 0. The van der Waals surface area contributed by atoms with Crippen molar-refractivity contribution < 1.29 is 0 Å². The molecule has 2 aromatic rings. The lowest BCUT2D eigenvalue weighted by Crippen LogP contribution is -2.08. The average molecular weight is 201 g/mol.